The van der Waals surface area contributed by atoms with Crippen LogP contribution in [-0.2, 0) is 11.3 Å². The Morgan fingerprint density at radius 2 is 1.88 bits per heavy atom. The van der Waals surface area contributed by atoms with Crippen molar-refractivity contribution < 1.29 is 19.4 Å². The number of carboxylic acids is 1. The summed E-state index contributed by atoms with van der Waals surface area (Å²) >= 11 is 0. The number of carbonyl (C=O) groups is 2. The lowest BCUT2D eigenvalue weighted by molar-refractivity contribution is -0.137. The van der Waals surface area contributed by atoms with Crippen molar-refractivity contribution in [1.82, 2.24) is 19.7 Å². The molecule has 0 saturated heterocycles. The van der Waals surface area contributed by atoms with Gasteiger partial charge in [0.25, 0.3) is 5.91 Å². The van der Waals surface area contributed by atoms with Crippen LogP contribution in [0.2, 0.25) is 0 Å². The van der Waals surface area contributed by atoms with Gasteiger partial charge in [0.15, 0.2) is 5.82 Å². The summed E-state index contributed by atoms with van der Waals surface area (Å²) in [6.45, 7) is 0.163. The van der Waals surface area contributed by atoms with Gasteiger partial charge in [-0.25, -0.2) is 4.57 Å². The molecule has 4 rings (SSSR count). The lowest BCUT2D eigenvalue weighted by Gasteiger charge is -2.19. The second kappa shape index (κ2) is 8.95. The van der Waals surface area contributed by atoms with Gasteiger partial charge in [0, 0.05) is 12.1 Å². The lowest BCUT2D eigenvalue weighted by atomic mass is 10.0. The normalized spacial score (nSPS) is 12.9. The SMILES string of the molecule is COc1nnc2n1-c1ccc(C=Cc3ccc(C(=N)N)cc3)cc1C(=O)N(CCC(=O)O)C2. The van der Waals surface area contributed by atoms with Crippen molar-refractivity contribution in [2.24, 2.45) is 5.73 Å². The smallest absolute Gasteiger partial charge is 0.321 e. The fourth-order valence-electron chi connectivity index (χ4n) is 3.59. The molecule has 0 atom stereocenters. The molecule has 0 aliphatic carbocycles. The Bertz CT molecular complexity index is 1260. The second-order valence-electron chi connectivity index (χ2n) is 7.45. The van der Waals surface area contributed by atoms with Crippen LogP contribution in [0.1, 0.15) is 39.3 Å². The van der Waals surface area contributed by atoms with Crippen LogP contribution in [0.4, 0.5) is 0 Å². The van der Waals surface area contributed by atoms with Gasteiger partial charge in [0.1, 0.15) is 5.84 Å². The number of amidine groups is 1. The van der Waals surface area contributed by atoms with Crippen molar-refractivity contribution in [2.45, 2.75) is 13.0 Å². The molecule has 0 saturated carbocycles. The number of fused-ring (bicyclic) bond motifs is 3. The van der Waals surface area contributed by atoms with Crippen LogP contribution in [0.15, 0.2) is 42.5 Å². The minimum atomic E-state index is -0.987. The van der Waals surface area contributed by atoms with Crippen molar-refractivity contribution in [3.05, 3.63) is 70.5 Å². The number of carbonyl (C=O) groups excluding carboxylic acids is 1. The van der Waals surface area contributed by atoms with E-state index in [4.69, 9.17) is 21.0 Å². The molecular formula is C23H22N6O4. The first-order chi connectivity index (χ1) is 15.9. The quantitative estimate of drug-likeness (QED) is 0.286. The molecule has 0 radical (unpaired) electrons. The van der Waals surface area contributed by atoms with E-state index in [-0.39, 0.29) is 37.3 Å². The van der Waals surface area contributed by atoms with E-state index in [1.165, 1.54) is 12.0 Å². The molecule has 0 bridgehead atoms. The van der Waals surface area contributed by atoms with Gasteiger partial charge in [-0.3, -0.25) is 15.0 Å². The molecule has 168 valence electrons. The first kappa shape index (κ1) is 21.8. The zero-order valence-corrected chi connectivity index (χ0v) is 17.9. The molecule has 2 aromatic carbocycles. The number of aromatic nitrogens is 3. The fourth-order valence-corrected chi connectivity index (χ4v) is 3.59. The summed E-state index contributed by atoms with van der Waals surface area (Å²) in [6.07, 6.45) is 3.58. The number of nitrogens with one attached hydrogen (secondary N) is 1. The molecule has 0 fully saturated rings. The number of amides is 1. The van der Waals surface area contributed by atoms with Crippen LogP contribution < -0.4 is 10.5 Å². The van der Waals surface area contributed by atoms with Crippen molar-refractivity contribution in [3.63, 3.8) is 0 Å². The summed E-state index contributed by atoms with van der Waals surface area (Å²) < 4.78 is 6.99. The van der Waals surface area contributed by atoms with Gasteiger partial charge in [-0.2, -0.15) is 0 Å². The van der Waals surface area contributed by atoms with E-state index < -0.39 is 5.97 Å². The average molecular weight is 446 g/mol. The van der Waals surface area contributed by atoms with Crippen LogP contribution in [0.25, 0.3) is 17.8 Å². The summed E-state index contributed by atoms with van der Waals surface area (Å²) in [6, 6.07) is 12.9. The number of carboxylic acid groups (broad SMARTS) is 1. The monoisotopic (exact) mass is 446 g/mol. The molecular weight excluding hydrogens is 424 g/mol. The predicted octanol–water partition coefficient (Wildman–Crippen LogP) is 2.16. The molecule has 1 aliphatic rings. The third-order valence-electron chi connectivity index (χ3n) is 5.28. The maximum atomic E-state index is 13.3. The molecule has 4 N–H and O–H groups in total. The molecule has 1 aliphatic heterocycles. The Hall–Kier alpha value is -4.47. The highest BCUT2D eigenvalue weighted by Gasteiger charge is 2.29. The minimum absolute atomic E-state index is 0.00559. The number of nitrogen functional groups attached to an aromatic ring is 1. The first-order valence-corrected chi connectivity index (χ1v) is 10.1. The number of hydrogen-bond donors (Lipinski definition) is 3. The first-order valence-electron chi connectivity index (χ1n) is 10.1. The van der Waals surface area contributed by atoms with Gasteiger partial charge in [0.2, 0.25) is 0 Å². The Labute approximate surface area is 189 Å². The van der Waals surface area contributed by atoms with Gasteiger partial charge < -0.3 is 20.5 Å². The summed E-state index contributed by atoms with van der Waals surface area (Å²) in [5, 5.41) is 24.7. The molecule has 0 unspecified atom stereocenters. The highest BCUT2D eigenvalue weighted by atomic mass is 16.5. The number of nitrogens with two attached hydrogens (primary N) is 1. The van der Waals surface area contributed by atoms with E-state index in [9.17, 15) is 9.59 Å². The van der Waals surface area contributed by atoms with Gasteiger partial charge in [-0.1, -0.05) is 47.6 Å². The molecule has 10 nitrogen and oxygen atoms in total. The van der Waals surface area contributed by atoms with Gasteiger partial charge >= 0.3 is 12.0 Å². The van der Waals surface area contributed by atoms with E-state index in [0.29, 0.717) is 22.6 Å². The molecule has 10 heteroatoms. The summed E-state index contributed by atoms with van der Waals surface area (Å²) in [5.41, 5.74) is 8.79. The molecule has 3 aromatic rings. The van der Waals surface area contributed by atoms with E-state index in [0.717, 1.165) is 11.1 Å². The summed E-state index contributed by atoms with van der Waals surface area (Å²) in [4.78, 5) is 25.9. The van der Waals surface area contributed by atoms with Crippen molar-refractivity contribution in [2.75, 3.05) is 13.7 Å². The molecule has 1 aromatic heterocycles. The summed E-state index contributed by atoms with van der Waals surface area (Å²) in [7, 11) is 1.47. The zero-order chi connectivity index (χ0) is 23.5. The molecule has 1 amide bonds. The fraction of sp³-hybridized carbons (Fsp3) is 0.174. The van der Waals surface area contributed by atoms with E-state index in [2.05, 4.69) is 10.2 Å². The number of rotatable bonds is 7. The second-order valence-corrected chi connectivity index (χ2v) is 7.45. The zero-order valence-electron chi connectivity index (χ0n) is 17.9. The Morgan fingerprint density at radius 3 is 2.55 bits per heavy atom. The van der Waals surface area contributed by atoms with Gasteiger partial charge in [-0.15, -0.1) is 5.10 Å². The minimum Gasteiger partial charge on any atom is -0.481 e. The molecule has 2 heterocycles. The van der Waals surface area contributed by atoms with E-state index >= 15 is 0 Å². The Kier molecular flexibility index (Phi) is 5.90. The Morgan fingerprint density at radius 1 is 1.18 bits per heavy atom. The maximum Gasteiger partial charge on any atom is 0.321 e. The number of hydrogen-bond acceptors (Lipinski definition) is 6. The molecule has 0 spiro atoms. The van der Waals surface area contributed by atoms with Gasteiger partial charge in [-0.05, 0) is 23.3 Å². The largest absolute Gasteiger partial charge is 0.481 e. The number of nitrogens with zero attached hydrogens (tertiary/aromatic N) is 4. The van der Waals surface area contributed by atoms with Crippen molar-refractivity contribution in [3.8, 4) is 11.7 Å². The maximum absolute atomic E-state index is 13.3. The van der Waals surface area contributed by atoms with Crippen molar-refractivity contribution >= 4 is 29.9 Å². The predicted molar refractivity (Wildman–Crippen MR) is 121 cm³/mol. The lowest BCUT2D eigenvalue weighted by Crippen LogP contribution is -2.32. The van der Waals surface area contributed by atoms with Crippen LogP contribution in [0, 0.1) is 5.41 Å². The van der Waals surface area contributed by atoms with E-state index in [1.807, 2.05) is 30.4 Å². The molecule has 33 heavy (non-hydrogen) atoms. The van der Waals surface area contributed by atoms with Crippen LogP contribution >= 0.6 is 0 Å². The third kappa shape index (κ3) is 4.45. The van der Waals surface area contributed by atoms with Crippen LogP contribution in [0.3, 0.4) is 0 Å². The van der Waals surface area contributed by atoms with Crippen LogP contribution in [0.5, 0.6) is 6.01 Å². The third-order valence-corrected chi connectivity index (χ3v) is 5.28. The van der Waals surface area contributed by atoms with Gasteiger partial charge in [0.05, 0.1) is 31.3 Å². The Balaban J connectivity index is 1.71. The van der Waals surface area contributed by atoms with Crippen molar-refractivity contribution in [1.29, 1.82) is 5.41 Å². The number of ether oxygens (including phenoxy) is 1. The number of methoxy groups -OCH3 is 1. The average Bonchev–Trinajstić information content (AvgIpc) is 3.17. The number of benzene rings is 2. The standard InChI is InChI=1S/C23H22N6O4/c1-33-23-27-26-19-13-28(11-10-20(30)31)22(32)17-12-15(6-9-18(17)29(19)23)3-2-14-4-7-16(8-5-14)21(24)25/h2-9,12H,10-11,13H2,1H3,(H3,24,25)(H,30,31). The summed E-state index contributed by atoms with van der Waals surface area (Å²) in [5.74, 6) is -0.789. The highest BCUT2D eigenvalue weighted by molar-refractivity contribution is 5.99. The topological polar surface area (TPSA) is 147 Å². The van der Waals surface area contributed by atoms with E-state index in [1.54, 1.807) is 28.8 Å². The van der Waals surface area contributed by atoms with Crippen LogP contribution in [-0.4, -0.2) is 56.1 Å². The number of aliphatic carboxylic acids is 1. The highest BCUT2D eigenvalue weighted by Crippen LogP contribution is 2.29.